The lowest BCUT2D eigenvalue weighted by Crippen LogP contribution is -1.85. The van der Waals surface area contributed by atoms with E-state index in [-0.39, 0.29) is 0 Å². The minimum absolute atomic E-state index is 0.997. The Bertz CT molecular complexity index is 495. The highest BCUT2D eigenvalue weighted by Gasteiger charge is 2.02. The Hall–Kier alpha value is -0.670. The number of hydrogen-bond acceptors (Lipinski definition) is 1. The molecule has 0 atom stereocenters. The smallest absolute Gasteiger partial charge is 0.0705 e. The maximum Gasteiger partial charge on any atom is 0.0705 e. The molecular formula is C12H9Br2N. The van der Waals surface area contributed by atoms with Crippen LogP contribution in [0.25, 0.3) is 11.3 Å². The van der Waals surface area contributed by atoms with E-state index in [1.165, 1.54) is 5.56 Å². The molecule has 0 saturated carbocycles. The second kappa shape index (κ2) is 4.45. The summed E-state index contributed by atoms with van der Waals surface area (Å²) in [5, 5.41) is 0. The van der Waals surface area contributed by atoms with Gasteiger partial charge in [0.25, 0.3) is 0 Å². The molecule has 1 aromatic heterocycles. The van der Waals surface area contributed by atoms with Gasteiger partial charge in [-0.3, -0.25) is 4.98 Å². The second-order valence-corrected chi connectivity index (χ2v) is 5.10. The van der Waals surface area contributed by atoms with Crippen LogP contribution in [-0.2, 0) is 0 Å². The van der Waals surface area contributed by atoms with Crippen LogP contribution in [0.15, 0.2) is 45.5 Å². The summed E-state index contributed by atoms with van der Waals surface area (Å²) in [6.45, 7) is 2.06. The van der Waals surface area contributed by atoms with Crippen molar-refractivity contribution in [2.75, 3.05) is 0 Å². The summed E-state index contributed by atoms with van der Waals surface area (Å²) in [4.78, 5) is 4.38. The summed E-state index contributed by atoms with van der Waals surface area (Å²) in [6.07, 6.45) is 1.84. The first-order chi connectivity index (χ1) is 7.16. The number of rotatable bonds is 1. The van der Waals surface area contributed by atoms with Crippen molar-refractivity contribution < 1.29 is 0 Å². The van der Waals surface area contributed by atoms with Crippen LogP contribution >= 0.6 is 31.9 Å². The molecule has 1 aromatic carbocycles. The zero-order valence-corrected chi connectivity index (χ0v) is 11.3. The second-order valence-electron chi connectivity index (χ2n) is 3.33. The third kappa shape index (κ3) is 2.47. The summed E-state index contributed by atoms with van der Waals surface area (Å²) in [7, 11) is 0. The summed E-state index contributed by atoms with van der Waals surface area (Å²) in [5.74, 6) is 0. The van der Waals surface area contributed by atoms with Crippen molar-refractivity contribution in [3.05, 3.63) is 51.0 Å². The highest BCUT2D eigenvalue weighted by atomic mass is 79.9. The van der Waals surface area contributed by atoms with Crippen molar-refractivity contribution in [3.8, 4) is 11.3 Å². The van der Waals surface area contributed by atoms with Gasteiger partial charge in [-0.25, -0.2) is 0 Å². The number of halogens is 2. The lowest BCUT2D eigenvalue weighted by Gasteiger charge is -2.03. The van der Waals surface area contributed by atoms with Crippen LogP contribution in [0, 0.1) is 6.92 Å². The molecule has 0 N–H and O–H groups in total. The van der Waals surface area contributed by atoms with Crippen LogP contribution in [0.1, 0.15) is 5.56 Å². The molecule has 1 nitrogen and oxygen atoms in total. The van der Waals surface area contributed by atoms with Gasteiger partial charge >= 0.3 is 0 Å². The van der Waals surface area contributed by atoms with E-state index in [1.807, 2.05) is 18.3 Å². The van der Waals surface area contributed by atoms with Crippen LogP contribution in [0.4, 0.5) is 0 Å². The van der Waals surface area contributed by atoms with Crippen LogP contribution in [0.3, 0.4) is 0 Å². The molecule has 0 radical (unpaired) electrons. The quantitative estimate of drug-likeness (QED) is 0.747. The van der Waals surface area contributed by atoms with Crippen molar-refractivity contribution >= 4 is 31.9 Å². The fraction of sp³-hybridized carbons (Fsp3) is 0.0833. The largest absolute Gasteiger partial charge is 0.255 e. The molecule has 0 bridgehead atoms. The van der Waals surface area contributed by atoms with Gasteiger partial charge in [-0.05, 0) is 46.6 Å². The number of benzene rings is 1. The molecular weight excluding hydrogens is 318 g/mol. The van der Waals surface area contributed by atoms with Crippen molar-refractivity contribution in [2.24, 2.45) is 0 Å². The lowest BCUT2D eigenvalue weighted by atomic mass is 10.1. The summed E-state index contributed by atoms with van der Waals surface area (Å²) >= 11 is 6.90. The summed E-state index contributed by atoms with van der Waals surface area (Å²) in [6, 6.07) is 10.2. The van der Waals surface area contributed by atoms with Crippen molar-refractivity contribution in [1.29, 1.82) is 0 Å². The number of nitrogens with zero attached hydrogens (tertiary/aromatic N) is 1. The van der Waals surface area contributed by atoms with Gasteiger partial charge in [0.15, 0.2) is 0 Å². The molecule has 0 aliphatic carbocycles. The highest BCUT2D eigenvalue weighted by molar-refractivity contribution is 9.10. The Kier molecular flexibility index (Phi) is 3.22. The van der Waals surface area contributed by atoms with Crippen LogP contribution < -0.4 is 0 Å². The predicted octanol–water partition coefficient (Wildman–Crippen LogP) is 4.58. The predicted molar refractivity (Wildman–Crippen MR) is 69.8 cm³/mol. The van der Waals surface area contributed by atoms with Crippen LogP contribution in [0.2, 0.25) is 0 Å². The molecule has 76 valence electrons. The van der Waals surface area contributed by atoms with E-state index in [0.29, 0.717) is 0 Å². The maximum atomic E-state index is 4.38. The third-order valence-corrected chi connectivity index (χ3v) is 3.49. The van der Waals surface area contributed by atoms with E-state index in [9.17, 15) is 0 Å². The van der Waals surface area contributed by atoms with Crippen LogP contribution in [0.5, 0.6) is 0 Å². The Morgan fingerprint density at radius 2 is 1.93 bits per heavy atom. The molecule has 0 fully saturated rings. The fourth-order valence-corrected chi connectivity index (χ4v) is 1.96. The topological polar surface area (TPSA) is 12.9 Å². The van der Waals surface area contributed by atoms with E-state index < -0.39 is 0 Å². The molecule has 0 aliphatic heterocycles. The van der Waals surface area contributed by atoms with E-state index in [2.05, 4.69) is 62.0 Å². The first kappa shape index (κ1) is 10.8. The summed E-state index contributed by atoms with van der Waals surface area (Å²) < 4.78 is 2.11. The van der Waals surface area contributed by atoms with Gasteiger partial charge in [0, 0.05) is 20.7 Å². The number of aryl methyl sites for hydroxylation is 1. The Labute approximate surface area is 106 Å². The van der Waals surface area contributed by atoms with E-state index in [0.717, 1.165) is 20.2 Å². The Morgan fingerprint density at radius 3 is 2.60 bits per heavy atom. The molecule has 3 heteroatoms. The average molecular weight is 327 g/mol. The van der Waals surface area contributed by atoms with E-state index >= 15 is 0 Å². The van der Waals surface area contributed by atoms with Gasteiger partial charge in [0.05, 0.1) is 5.69 Å². The van der Waals surface area contributed by atoms with E-state index in [4.69, 9.17) is 0 Å². The normalized spacial score (nSPS) is 10.3. The maximum absolute atomic E-state index is 4.38. The van der Waals surface area contributed by atoms with Crippen molar-refractivity contribution in [1.82, 2.24) is 4.98 Å². The SMILES string of the molecule is Cc1cc(-c2cccc(Br)c2)ncc1Br. The standard InChI is InChI=1S/C12H9Br2N/c1-8-5-12(15-7-11(8)14)9-3-2-4-10(13)6-9/h2-7H,1H3. The van der Waals surface area contributed by atoms with Gasteiger partial charge in [-0.15, -0.1) is 0 Å². The molecule has 0 amide bonds. The molecule has 0 spiro atoms. The van der Waals surface area contributed by atoms with E-state index in [1.54, 1.807) is 0 Å². The molecule has 2 rings (SSSR count). The minimum atomic E-state index is 0.997. The van der Waals surface area contributed by atoms with Gasteiger partial charge < -0.3 is 0 Å². The van der Waals surface area contributed by atoms with Gasteiger partial charge in [0.2, 0.25) is 0 Å². The Morgan fingerprint density at radius 1 is 1.13 bits per heavy atom. The first-order valence-corrected chi connectivity index (χ1v) is 6.13. The minimum Gasteiger partial charge on any atom is -0.255 e. The molecule has 0 aliphatic rings. The Balaban J connectivity index is 2.50. The van der Waals surface area contributed by atoms with Crippen molar-refractivity contribution in [3.63, 3.8) is 0 Å². The number of hydrogen-bond donors (Lipinski definition) is 0. The van der Waals surface area contributed by atoms with Gasteiger partial charge in [0.1, 0.15) is 0 Å². The molecule has 0 saturated heterocycles. The zero-order chi connectivity index (χ0) is 10.8. The third-order valence-electron chi connectivity index (χ3n) is 2.17. The molecule has 0 unspecified atom stereocenters. The number of pyridine rings is 1. The summed E-state index contributed by atoms with van der Waals surface area (Å²) in [5.41, 5.74) is 3.32. The monoisotopic (exact) mass is 325 g/mol. The number of aromatic nitrogens is 1. The fourth-order valence-electron chi connectivity index (χ4n) is 1.34. The van der Waals surface area contributed by atoms with Crippen molar-refractivity contribution in [2.45, 2.75) is 6.92 Å². The molecule has 1 heterocycles. The van der Waals surface area contributed by atoms with Gasteiger partial charge in [-0.1, -0.05) is 28.1 Å². The van der Waals surface area contributed by atoms with Crippen LogP contribution in [-0.4, -0.2) is 4.98 Å². The van der Waals surface area contributed by atoms with Gasteiger partial charge in [-0.2, -0.15) is 0 Å². The lowest BCUT2D eigenvalue weighted by molar-refractivity contribution is 1.26. The average Bonchev–Trinajstić information content (AvgIpc) is 2.22. The highest BCUT2D eigenvalue weighted by Crippen LogP contribution is 2.24. The molecule has 15 heavy (non-hydrogen) atoms. The first-order valence-electron chi connectivity index (χ1n) is 4.55. The zero-order valence-electron chi connectivity index (χ0n) is 8.17. The molecule has 2 aromatic rings.